The highest BCUT2D eigenvalue weighted by Crippen LogP contribution is 2.13. The monoisotopic (exact) mass is 1010 g/mol. The molecule has 30 heteroatoms. The van der Waals surface area contributed by atoms with E-state index in [0.717, 1.165) is 0 Å². The quantitative estimate of drug-likeness (QED) is 0.0282. The number of carboxylic acid groups (broad SMARTS) is 6. The van der Waals surface area contributed by atoms with Crippen LogP contribution in [0.3, 0.4) is 0 Å². The van der Waals surface area contributed by atoms with Crippen LogP contribution in [0.15, 0.2) is 24.3 Å². The van der Waals surface area contributed by atoms with Crippen LogP contribution in [0, 0.1) is 0 Å². The van der Waals surface area contributed by atoms with Crippen LogP contribution in [0.4, 0.5) is 0 Å². The summed E-state index contributed by atoms with van der Waals surface area (Å²) in [6, 6.07) is -9.94. The number of nitrogens with one attached hydrogen (secondary N) is 7. The van der Waals surface area contributed by atoms with Gasteiger partial charge in [-0.15, -0.1) is 0 Å². The van der Waals surface area contributed by atoms with Crippen LogP contribution in [0.5, 0.6) is 5.75 Å². The van der Waals surface area contributed by atoms with E-state index in [2.05, 4.69) is 21.3 Å². The van der Waals surface area contributed by atoms with E-state index in [4.69, 9.17) is 22.3 Å². The zero-order valence-electron chi connectivity index (χ0n) is 38.0. The SMILES string of the molecule is NCCCC[C@H](NC(=O)[C@H](CC(=O)O)NC(=O)[C@H](CC(=O)O)NC(=O)[C@H](CC(=O)O)NC(=O)[C@H](CC(=O)O)NC(=O)[C@H](CCCCN)NC(=O)[C@H](Cc1ccc(O)cc1)NC(=O)[C@H](N)CC(=O)O)C(=O)O. The fraction of sp³-hybridized carbons (Fsp3) is 0.537. The van der Waals surface area contributed by atoms with Gasteiger partial charge >= 0.3 is 35.8 Å². The van der Waals surface area contributed by atoms with Gasteiger partial charge in [-0.05, 0) is 69.3 Å². The minimum Gasteiger partial charge on any atom is -0.508 e. The molecule has 1 aromatic carbocycles. The first-order chi connectivity index (χ1) is 33.3. The molecule has 1 aromatic rings. The van der Waals surface area contributed by atoms with E-state index in [0.29, 0.717) is 12.0 Å². The van der Waals surface area contributed by atoms with Crippen molar-refractivity contribution in [3.63, 3.8) is 0 Å². The third kappa shape index (κ3) is 24.2. The summed E-state index contributed by atoms with van der Waals surface area (Å²) in [5.41, 5.74) is 17.0. The Balaban J connectivity index is 3.49. The van der Waals surface area contributed by atoms with Gasteiger partial charge < -0.3 is 90.2 Å². The molecule has 0 heterocycles. The summed E-state index contributed by atoms with van der Waals surface area (Å²) in [6.07, 6.45) is -5.70. The van der Waals surface area contributed by atoms with Gasteiger partial charge in [0.25, 0.3) is 0 Å². The molecule has 0 aliphatic rings. The number of phenolic OH excluding ortho intramolecular Hbond substituents is 1. The van der Waals surface area contributed by atoms with Gasteiger partial charge in [-0.1, -0.05) is 12.1 Å². The average Bonchev–Trinajstić information content (AvgIpc) is 3.26. The van der Waals surface area contributed by atoms with E-state index in [-0.39, 0.29) is 57.4 Å². The number of carboxylic acids is 6. The largest absolute Gasteiger partial charge is 0.508 e. The molecule has 0 fully saturated rings. The summed E-state index contributed by atoms with van der Waals surface area (Å²) in [5, 5.41) is 81.0. The van der Waals surface area contributed by atoms with Crippen molar-refractivity contribution in [3.05, 3.63) is 29.8 Å². The maximum atomic E-state index is 13.8. The van der Waals surface area contributed by atoms with E-state index >= 15 is 0 Å². The minimum atomic E-state index is -2.28. The lowest BCUT2D eigenvalue weighted by atomic mass is 10.0. The molecule has 394 valence electrons. The molecule has 0 saturated carbocycles. The van der Waals surface area contributed by atoms with Crippen LogP contribution in [0.1, 0.15) is 76.2 Å². The Hall–Kier alpha value is -7.99. The van der Waals surface area contributed by atoms with E-state index in [9.17, 15) is 93.0 Å². The maximum absolute atomic E-state index is 13.8. The molecule has 30 nitrogen and oxygen atoms in total. The van der Waals surface area contributed by atoms with Gasteiger partial charge in [0.1, 0.15) is 48.0 Å². The number of phenols is 1. The van der Waals surface area contributed by atoms with Gasteiger partial charge in [0.05, 0.1) is 38.1 Å². The van der Waals surface area contributed by atoms with E-state index in [1.165, 1.54) is 24.3 Å². The third-order valence-electron chi connectivity index (χ3n) is 9.93. The summed E-state index contributed by atoms with van der Waals surface area (Å²) in [6.45, 7) is 0.271. The Morgan fingerprint density at radius 1 is 0.394 bits per heavy atom. The molecule has 1 rings (SSSR count). The van der Waals surface area contributed by atoms with Crippen molar-refractivity contribution in [2.24, 2.45) is 17.2 Å². The van der Waals surface area contributed by atoms with Crippen molar-refractivity contribution in [3.8, 4) is 5.75 Å². The van der Waals surface area contributed by atoms with Crippen molar-refractivity contribution in [2.75, 3.05) is 13.1 Å². The van der Waals surface area contributed by atoms with Crippen molar-refractivity contribution in [1.82, 2.24) is 37.2 Å². The number of aliphatic carboxylic acids is 6. The van der Waals surface area contributed by atoms with Crippen LogP contribution in [0.2, 0.25) is 0 Å². The molecule has 0 aliphatic carbocycles. The molecular weight excluding hydrogens is 953 g/mol. The molecule has 0 aliphatic heterocycles. The number of unbranched alkanes of at least 4 members (excludes halogenated alkanes) is 2. The van der Waals surface area contributed by atoms with Crippen LogP contribution in [-0.4, -0.2) is 174 Å². The number of hydrogen-bond donors (Lipinski definition) is 17. The number of nitrogens with two attached hydrogens (primary N) is 3. The summed E-state index contributed by atoms with van der Waals surface area (Å²) in [5.74, 6) is -19.6. The van der Waals surface area contributed by atoms with Crippen LogP contribution < -0.4 is 54.4 Å². The second-order valence-corrected chi connectivity index (χ2v) is 15.8. The number of aromatic hydroxyl groups is 1. The van der Waals surface area contributed by atoms with Gasteiger partial charge in [0.2, 0.25) is 41.4 Å². The topological polar surface area (TPSA) is 526 Å². The number of carbonyl (C=O) groups excluding carboxylic acids is 7. The Kier molecular flexibility index (Phi) is 26.8. The first kappa shape index (κ1) is 61.0. The summed E-state index contributed by atoms with van der Waals surface area (Å²) >= 11 is 0. The number of carbonyl (C=O) groups is 13. The summed E-state index contributed by atoms with van der Waals surface area (Å²) in [4.78, 5) is 164. The van der Waals surface area contributed by atoms with E-state index in [1.54, 1.807) is 0 Å². The molecule has 0 saturated heterocycles. The fourth-order valence-electron chi connectivity index (χ4n) is 6.32. The van der Waals surface area contributed by atoms with Crippen molar-refractivity contribution >= 4 is 77.2 Å². The van der Waals surface area contributed by atoms with Crippen molar-refractivity contribution in [2.45, 2.75) is 125 Å². The predicted octanol–water partition coefficient (Wildman–Crippen LogP) is -5.63. The molecule has 0 unspecified atom stereocenters. The van der Waals surface area contributed by atoms with Gasteiger partial charge in [0.15, 0.2) is 0 Å². The van der Waals surface area contributed by atoms with E-state index < -0.39 is 158 Å². The molecular formula is C41H60N10O20. The molecule has 8 atom stereocenters. The van der Waals surface area contributed by atoms with Gasteiger partial charge in [-0.25, -0.2) is 4.79 Å². The van der Waals surface area contributed by atoms with Gasteiger partial charge in [0, 0.05) is 6.42 Å². The van der Waals surface area contributed by atoms with Crippen LogP contribution >= 0.6 is 0 Å². The summed E-state index contributed by atoms with van der Waals surface area (Å²) in [7, 11) is 0. The highest BCUT2D eigenvalue weighted by atomic mass is 16.4. The van der Waals surface area contributed by atoms with Crippen LogP contribution in [0.25, 0.3) is 0 Å². The van der Waals surface area contributed by atoms with Gasteiger partial charge in [-0.2, -0.15) is 0 Å². The maximum Gasteiger partial charge on any atom is 0.326 e. The zero-order chi connectivity index (χ0) is 54.0. The lowest BCUT2D eigenvalue weighted by Crippen LogP contribution is -2.61. The minimum absolute atomic E-state index is 0.0940. The normalized spacial score (nSPS) is 14.2. The molecule has 0 aromatic heterocycles. The second-order valence-electron chi connectivity index (χ2n) is 15.8. The number of amides is 7. The van der Waals surface area contributed by atoms with Crippen molar-refractivity contribution < 1.29 is 98.1 Å². The smallest absolute Gasteiger partial charge is 0.326 e. The zero-order valence-corrected chi connectivity index (χ0v) is 38.0. The average molecular weight is 1010 g/mol. The highest BCUT2D eigenvalue weighted by molar-refractivity contribution is 6.00. The molecule has 20 N–H and O–H groups in total. The molecule has 71 heavy (non-hydrogen) atoms. The number of benzene rings is 1. The molecule has 7 amide bonds. The lowest BCUT2D eigenvalue weighted by Gasteiger charge is -2.27. The summed E-state index contributed by atoms with van der Waals surface area (Å²) < 4.78 is 0. The fourth-order valence-corrected chi connectivity index (χ4v) is 6.32. The molecule has 0 spiro atoms. The molecule has 0 bridgehead atoms. The Morgan fingerprint density at radius 3 is 1.03 bits per heavy atom. The first-order valence-corrected chi connectivity index (χ1v) is 21.7. The Labute approximate surface area is 403 Å². The van der Waals surface area contributed by atoms with E-state index in [1.807, 2.05) is 16.0 Å². The predicted molar refractivity (Wildman–Crippen MR) is 238 cm³/mol. The molecule has 0 radical (unpaired) electrons. The van der Waals surface area contributed by atoms with Crippen molar-refractivity contribution in [1.29, 1.82) is 0 Å². The van der Waals surface area contributed by atoms with Gasteiger partial charge in [-0.3, -0.25) is 57.5 Å². The number of hydrogen-bond acceptors (Lipinski definition) is 17. The van der Waals surface area contributed by atoms with Crippen LogP contribution in [-0.2, 0) is 68.7 Å². The first-order valence-electron chi connectivity index (χ1n) is 21.7. The Bertz CT molecular complexity index is 2090. The standard InChI is InChI=1S/C41H60N10O20/c42-11-3-1-5-22(45-36(65)24(13-19-7-9-20(52)10-8-19)47-34(63)21(44)14-29(53)54)35(64)48-26(16-31(57)58)38(67)50-28(18-33(61)62)40(69)51-27(17-32(59)60)39(68)49-25(15-30(55)56)37(66)46-23(41(70)71)6-2-4-12-43/h7-10,21-28,52H,1-6,11-18,42-44H2,(H,45,65)(H,46,66)(H,47,63)(H,48,64)(H,49,68)(H,50,67)(H,51,69)(H,53,54)(H,55,56)(H,57,58)(H,59,60)(H,61,62)(H,70,71)/t21-,22+,23+,24+,25+,26+,27+,28+/m1/s1. The lowest BCUT2D eigenvalue weighted by molar-refractivity contribution is -0.145. The number of rotatable bonds is 35. The Morgan fingerprint density at radius 2 is 0.690 bits per heavy atom. The highest BCUT2D eigenvalue weighted by Gasteiger charge is 2.37. The second kappa shape index (κ2) is 31.2. The third-order valence-corrected chi connectivity index (χ3v) is 9.93.